The molecular weight excluding hydrogens is 453 g/mol. The second kappa shape index (κ2) is 14.3. The number of guanidine groups is 1. The summed E-state index contributed by atoms with van der Waals surface area (Å²) in [5.74, 6) is 3.32. The van der Waals surface area contributed by atoms with Crippen LogP contribution in [0.4, 0.5) is 0 Å². The summed E-state index contributed by atoms with van der Waals surface area (Å²) >= 11 is 0. The lowest BCUT2D eigenvalue weighted by molar-refractivity contribution is 0.181. The number of nitrogens with one attached hydrogen (secondary N) is 1. The molecule has 1 aliphatic rings. The van der Waals surface area contributed by atoms with Gasteiger partial charge in [-0.2, -0.15) is 0 Å². The van der Waals surface area contributed by atoms with E-state index >= 15 is 0 Å². The summed E-state index contributed by atoms with van der Waals surface area (Å²) in [6, 6.07) is 3.96. The van der Waals surface area contributed by atoms with Gasteiger partial charge < -0.3 is 19.4 Å². The van der Waals surface area contributed by atoms with E-state index in [1.54, 1.807) is 6.26 Å². The average molecular weight is 491 g/mol. The van der Waals surface area contributed by atoms with Crippen molar-refractivity contribution in [1.29, 1.82) is 0 Å². The fourth-order valence-electron chi connectivity index (χ4n) is 3.40. The zero-order valence-electron chi connectivity index (χ0n) is 17.3. The van der Waals surface area contributed by atoms with Crippen LogP contribution in [0.2, 0.25) is 0 Å². The van der Waals surface area contributed by atoms with E-state index < -0.39 is 0 Å². The Hall–Kier alpha value is -0.760. The van der Waals surface area contributed by atoms with Gasteiger partial charge in [-0.3, -0.25) is 4.99 Å². The van der Waals surface area contributed by atoms with Crippen molar-refractivity contribution < 1.29 is 9.15 Å². The van der Waals surface area contributed by atoms with Crippen LogP contribution in [0.15, 0.2) is 27.8 Å². The van der Waals surface area contributed by atoms with E-state index in [4.69, 9.17) is 14.1 Å². The van der Waals surface area contributed by atoms with Crippen LogP contribution in [0.25, 0.3) is 0 Å². The van der Waals surface area contributed by atoms with Crippen molar-refractivity contribution in [3.8, 4) is 0 Å². The van der Waals surface area contributed by atoms with Crippen molar-refractivity contribution >= 4 is 29.9 Å². The first kappa shape index (κ1) is 24.3. The lowest BCUT2D eigenvalue weighted by atomic mass is 10.00. The topological polar surface area (TPSA) is 50.0 Å². The highest BCUT2D eigenvalue weighted by Gasteiger charge is 2.19. The Morgan fingerprint density at radius 1 is 1.41 bits per heavy atom. The van der Waals surface area contributed by atoms with Crippen LogP contribution in [0.5, 0.6) is 0 Å². The molecular formula is C21H38IN3O2. The van der Waals surface area contributed by atoms with Crippen LogP contribution < -0.4 is 5.32 Å². The Balaban J connectivity index is 0.00000364. The standard InChI is InChI=1S/C21H37N3O2.HI/c1-4-6-8-18(5-2)15-23-21(22-12-10-20-9-7-13-26-20)24(3)16-19-11-14-25-17-19;/h7,9,13,18-19H,4-6,8,10-12,14-17H2,1-3H3,(H,22,23);1H. The van der Waals surface area contributed by atoms with Crippen LogP contribution in [0.1, 0.15) is 51.7 Å². The number of hydrogen-bond acceptors (Lipinski definition) is 3. The van der Waals surface area contributed by atoms with Gasteiger partial charge in [-0.25, -0.2) is 0 Å². The maximum Gasteiger partial charge on any atom is 0.193 e. The highest BCUT2D eigenvalue weighted by atomic mass is 127. The Kier molecular flexibility index (Phi) is 12.8. The molecule has 0 aromatic carbocycles. The highest BCUT2D eigenvalue weighted by molar-refractivity contribution is 14.0. The molecule has 156 valence electrons. The lowest BCUT2D eigenvalue weighted by Crippen LogP contribution is -2.42. The molecule has 2 unspecified atom stereocenters. The summed E-state index contributed by atoms with van der Waals surface area (Å²) in [4.78, 5) is 7.24. The Bertz CT molecular complexity index is 502. The van der Waals surface area contributed by atoms with Crippen molar-refractivity contribution in [2.45, 2.75) is 52.4 Å². The van der Waals surface area contributed by atoms with Crippen molar-refractivity contribution in [2.24, 2.45) is 16.8 Å². The minimum atomic E-state index is 0. The monoisotopic (exact) mass is 491 g/mol. The molecule has 1 fully saturated rings. The van der Waals surface area contributed by atoms with Gasteiger partial charge in [0, 0.05) is 45.6 Å². The number of rotatable bonds is 11. The molecule has 2 atom stereocenters. The fourth-order valence-corrected chi connectivity index (χ4v) is 3.40. The first-order chi connectivity index (χ1) is 12.7. The summed E-state index contributed by atoms with van der Waals surface area (Å²) < 4.78 is 11.0. The molecule has 1 aromatic heterocycles. The summed E-state index contributed by atoms with van der Waals surface area (Å²) in [5, 5.41) is 3.54. The van der Waals surface area contributed by atoms with E-state index in [-0.39, 0.29) is 24.0 Å². The van der Waals surface area contributed by atoms with E-state index in [1.807, 2.05) is 12.1 Å². The number of nitrogens with zero attached hydrogens (tertiary/aromatic N) is 2. The van der Waals surface area contributed by atoms with E-state index in [1.165, 1.54) is 25.7 Å². The number of furan rings is 1. The number of aliphatic imine (C=N–C) groups is 1. The van der Waals surface area contributed by atoms with Gasteiger partial charge >= 0.3 is 0 Å². The molecule has 27 heavy (non-hydrogen) atoms. The normalized spacial score (nSPS) is 18.2. The molecule has 0 aliphatic carbocycles. The number of ether oxygens (including phenoxy) is 1. The van der Waals surface area contributed by atoms with Crippen molar-refractivity contribution in [2.75, 3.05) is 39.9 Å². The summed E-state index contributed by atoms with van der Waals surface area (Å²) in [6.45, 7) is 9.05. The van der Waals surface area contributed by atoms with E-state index in [2.05, 4.69) is 31.1 Å². The van der Waals surface area contributed by atoms with Crippen molar-refractivity contribution in [1.82, 2.24) is 10.2 Å². The molecule has 0 bridgehead atoms. The fraction of sp³-hybridized carbons (Fsp3) is 0.762. The third-order valence-electron chi connectivity index (χ3n) is 5.19. The average Bonchev–Trinajstić information content (AvgIpc) is 3.34. The van der Waals surface area contributed by atoms with E-state index in [9.17, 15) is 0 Å². The van der Waals surface area contributed by atoms with Gasteiger partial charge in [0.05, 0.1) is 12.9 Å². The SMILES string of the molecule is CCCCC(CC)CN=C(NCCc1ccco1)N(C)CC1CCOC1.I. The molecule has 5 nitrogen and oxygen atoms in total. The first-order valence-electron chi connectivity index (χ1n) is 10.3. The predicted octanol–water partition coefficient (Wildman–Crippen LogP) is 4.57. The molecule has 0 amide bonds. The van der Waals surface area contributed by atoms with Crippen LogP contribution in [-0.4, -0.2) is 50.8 Å². The molecule has 1 N–H and O–H groups in total. The van der Waals surface area contributed by atoms with Gasteiger partial charge in [-0.15, -0.1) is 24.0 Å². The highest BCUT2D eigenvalue weighted by Crippen LogP contribution is 2.15. The smallest absolute Gasteiger partial charge is 0.193 e. The molecule has 6 heteroatoms. The maximum atomic E-state index is 5.53. The number of unbranched alkanes of at least 4 members (excludes halogenated alkanes) is 1. The Labute approximate surface area is 182 Å². The van der Waals surface area contributed by atoms with Gasteiger partial charge in [-0.1, -0.05) is 33.1 Å². The molecule has 1 aliphatic heterocycles. The van der Waals surface area contributed by atoms with E-state index in [0.29, 0.717) is 11.8 Å². The van der Waals surface area contributed by atoms with Crippen molar-refractivity contribution in [3.63, 3.8) is 0 Å². The zero-order chi connectivity index (χ0) is 18.6. The molecule has 0 radical (unpaired) electrons. The molecule has 0 spiro atoms. The molecule has 1 aromatic rings. The maximum absolute atomic E-state index is 5.53. The second-order valence-corrected chi connectivity index (χ2v) is 7.45. The second-order valence-electron chi connectivity index (χ2n) is 7.45. The quantitative estimate of drug-likeness (QED) is 0.280. The third kappa shape index (κ3) is 9.32. The van der Waals surface area contributed by atoms with Crippen LogP contribution in [0, 0.1) is 11.8 Å². The van der Waals surface area contributed by atoms with Crippen LogP contribution >= 0.6 is 24.0 Å². The largest absolute Gasteiger partial charge is 0.469 e. The van der Waals surface area contributed by atoms with Gasteiger partial charge in [-0.05, 0) is 30.9 Å². The number of halogens is 1. The number of hydrogen-bond donors (Lipinski definition) is 1. The van der Waals surface area contributed by atoms with Crippen LogP contribution in [-0.2, 0) is 11.2 Å². The summed E-state index contributed by atoms with van der Waals surface area (Å²) in [5.41, 5.74) is 0. The van der Waals surface area contributed by atoms with Gasteiger partial charge in [0.25, 0.3) is 0 Å². The molecule has 2 heterocycles. The van der Waals surface area contributed by atoms with Gasteiger partial charge in [0.2, 0.25) is 0 Å². The predicted molar refractivity (Wildman–Crippen MR) is 123 cm³/mol. The Morgan fingerprint density at radius 2 is 2.26 bits per heavy atom. The van der Waals surface area contributed by atoms with Gasteiger partial charge in [0.15, 0.2) is 5.96 Å². The van der Waals surface area contributed by atoms with Crippen molar-refractivity contribution in [3.05, 3.63) is 24.2 Å². The molecule has 2 rings (SSSR count). The summed E-state index contributed by atoms with van der Waals surface area (Å²) in [7, 11) is 2.14. The summed E-state index contributed by atoms with van der Waals surface area (Å²) in [6.07, 6.45) is 8.79. The molecule has 1 saturated heterocycles. The van der Waals surface area contributed by atoms with Gasteiger partial charge in [0.1, 0.15) is 5.76 Å². The van der Waals surface area contributed by atoms with E-state index in [0.717, 1.165) is 57.4 Å². The third-order valence-corrected chi connectivity index (χ3v) is 5.19. The minimum absolute atomic E-state index is 0. The lowest BCUT2D eigenvalue weighted by Gasteiger charge is -2.25. The minimum Gasteiger partial charge on any atom is -0.469 e. The zero-order valence-corrected chi connectivity index (χ0v) is 19.6. The Morgan fingerprint density at radius 3 is 2.89 bits per heavy atom. The first-order valence-corrected chi connectivity index (χ1v) is 10.3. The van der Waals surface area contributed by atoms with Crippen LogP contribution in [0.3, 0.4) is 0 Å². The molecule has 0 saturated carbocycles.